The van der Waals surface area contributed by atoms with Crippen LogP contribution in [0.4, 0.5) is 0 Å². The monoisotopic (exact) mass is 388 g/mol. The average Bonchev–Trinajstić information content (AvgIpc) is 2.52. The van der Waals surface area contributed by atoms with Gasteiger partial charge in [-0.1, -0.05) is 6.42 Å². The van der Waals surface area contributed by atoms with Gasteiger partial charge in [0, 0.05) is 0 Å². The van der Waals surface area contributed by atoms with Crippen molar-refractivity contribution in [2.75, 3.05) is 19.7 Å². The summed E-state index contributed by atoms with van der Waals surface area (Å²) in [5.74, 6) is -1.94. The lowest BCUT2D eigenvalue weighted by molar-refractivity contribution is -0.139. The third kappa shape index (κ3) is 11.3. The topological polar surface area (TPSA) is 220 Å². The van der Waals surface area contributed by atoms with Crippen LogP contribution in [0.2, 0.25) is 0 Å². The summed E-state index contributed by atoms with van der Waals surface area (Å²) in [6.45, 7) is -0.951. The van der Waals surface area contributed by atoms with Gasteiger partial charge in [0.15, 0.2) is 5.78 Å². The Bertz CT molecular complexity index is 471. The predicted molar refractivity (Wildman–Crippen MR) is 83.4 cm³/mol. The smallest absolute Gasteiger partial charge is 0.469 e. The van der Waals surface area contributed by atoms with Gasteiger partial charge in [0.25, 0.3) is 0 Å². The zero-order valence-electron chi connectivity index (χ0n) is 13.4. The van der Waals surface area contributed by atoms with Crippen molar-refractivity contribution >= 4 is 19.6 Å². The Morgan fingerprint density at radius 1 is 1.16 bits per heavy atom. The minimum absolute atomic E-state index is 0.276. The van der Waals surface area contributed by atoms with Crippen LogP contribution < -0.4 is 11.1 Å². The Morgan fingerprint density at radius 2 is 1.76 bits per heavy atom. The van der Waals surface area contributed by atoms with Gasteiger partial charge >= 0.3 is 13.8 Å². The summed E-state index contributed by atoms with van der Waals surface area (Å²) < 4.78 is 14.4. The van der Waals surface area contributed by atoms with Gasteiger partial charge in [-0.2, -0.15) is 0 Å². The van der Waals surface area contributed by atoms with Gasteiger partial charge in [-0.15, -0.1) is 0 Å². The number of Topliss-reactive ketones (excluding diaryl/α,β-unsaturated/α-hetero) is 1. The predicted octanol–water partition coefficient (Wildman–Crippen LogP) is -3.08. The number of phosphoric acid groups is 1. The number of carbonyl (C=O) groups is 2. The third-order valence-corrected chi connectivity index (χ3v) is 3.68. The summed E-state index contributed by atoms with van der Waals surface area (Å²) in [6, 6.07) is -0.949. The Labute approximate surface area is 143 Å². The summed E-state index contributed by atoms with van der Waals surface area (Å²) in [7, 11) is -4.85. The number of carboxylic acids is 1. The second kappa shape index (κ2) is 11.6. The molecule has 0 fully saturated rings. The fourth-order valence-electron chi connectivity index (χ4n) is 1.73. The van der Waals surface area contributed by atoms with Crippen molar-refractivity contribution < 1.29 is 48.9 Å². The Hall–Kier alpha value is -0.950. The Balaban J connectivity index is 4.01. The highest BCUT2D eigenvalue weighted by atomic mass is 31.2. The number of aliphatic hydroxyl groups excluding tert-OH is 3. The molecular weight excluding hydrogens is 363 g/mol. The molecule has 0 spiro atoms. The molecule has 0 aromatic carbocycles. The molecule has 13 heteroatoms. The maximum atomic E-state index is 11.6. The summed E-state index contributed by atoms with van der Waals surface area (Å²) in [5.41, 5.74) is 5.31. The first-order valence-electron chi connectivity index (χ1n) is 7.41. The molecule has 0 aliphatic carbocycles. The molecular formula is C12H25N2O10P. The highest BCUT2D eigenvalue weighted by molar-refractivity contribution is 7.46. The van der Waals surface area contributed by atoms with Crippen molar-refractivity contribution in [2.24, 2.45) is 5.73 Å². The average molecular weight is 388 g/mol. The normalized spacial score (nSPS) is 16.9. The molecule has 0 aliphatic heterocycles. The van der Waals surface area contributed by atoms with Gasteiger partial charge in [-0.05, 0) is 19.4 Å². The van der Waals surface area contributed by atoms with E-state index in [4.69, 9.17) is 20.6 Å². The van der Waals surface area contributed by atoms with Crippen LogP contribution in [0, 0.1) is 0 Å². The van der Waals surface area contributed by atoms with E-state index < -0.39 is 50.5 Å². The van der Waals surface area contributed by atoms with Gasteiger partial charge in [-0.25, -0.2) is 4.57 Å². The van der Waals surface area contributed by atoms with Crippen molar-refractivity contribution in [1.29, 1.82) is 0 Å². The zero-order valence-corrected chi connectivity index (χ0v) is 14.3. The van der Waals surface area contributed by atoms with Crippen molar-refractivity contribution in [2.45, 2.75) is 43.6 Å². The minimum atomic E-state index is -4.85. The largest absolute Gasteiger partial charge is 0.480 e. The molecule has 0 bridgehead atoms. The highest BCUT2D eigenvalue weighted by Crippen LogP contribution is 2.35. The molecule has 4 atom stereocenters. The molecule has 25 heavy (non-hydrogen) atoms. The van der Waals surface area contributed by atoms with Crippen molar-refractivity contribution in [3.8, 4) is 0 Å². The number of aliphatic hydroxyl groups is 3. The first-order chi connectivity index (χ1) is 11.5. The number of hydrogen-bond acceptors (Lipinski definition) is 9. The summed E-state index contributed by atoms with van der Waals surface area (Å²) in [4.78, 5) is 39.1. The molecule has 0 aromatic heterocycles. The van der Waals surface area contributed by atoms with Crippen LogP contribution in [0.15, 0.2) is 0 Å². The van der Waals surface area contributed by atoms with E-state index in [-0.39, 0.29) is 13.0 Å². The summed E-state index contributed by atoms with van der Waals surface area (Å²) >= 11 is 0. The number of aliphatic carboxylic acids is 1. The highest BCUT2D eigenvalue weighted by Gasteiger charge is 2.31. The molecule has 0 rings (SSSR count). The van der Waals surface area contributed by atoms with Gasteiger partial charge in [0.05, 0.1) is 13.2 Å². The van der Waals surface area contributed by atoms with E-state index in [9.17, 15) is 29.5 Å². The van der Waals surface area contributed by atoms with Crippen molar-refractivity contribution in [3.63, 3.8) is 0 Å². The van der Waals surface area contributed by atoms with Gasteiger partial charge in [-0.3, -0.25) is 14.1 Å². The number of unbranched alkanes of at least 4 members (excludes halogenated alkanes) is 1. The molecule has 0 saturated carbocycles. The quantitative estimate of drug-likeness (QED) is 0.110. The lowest BCUT2D eigenvalue weighted by atomic mass is 10.0. The molecule has 0 heterocycles. The SMILES string of the molecule is N[C@@H](CCCCNCC(=O)[C@@H](O)[C@H](O)[C@H](O)COP(=O)(O)O)C(=O)O. The molecule has 0 aromatic rings. The van der Waals surface area contributed by atoms with Crippen LogP contribution in [0.5, 0.6) is 0 Å². The van der Waals surface area contributed by atoms with Crippen molar-refractivity contribution in [3.05, 3.63) is 0 Å². The molecule has 0 radical (unpaired) electrons. The number of nitrogens with one attached hydrogen (secondary N) is 1. The molecule has 0 amide bonds. The fraction of sp³-hybridized carbons (Fsp3) is 0.833. The number of hydrogen-bond donors (Lipinski definition) is 8. The number of carbonyl (C=O) groups excluding carboxylic acids is 1. The molecule has 0 saturated heterocycles. The summed E-state index contributed by atoms with van der Waals surface area (Å²) in [6.07, 6.45) is -4.50. The number of rotatable bonds is 14. The van der Waals surface area contributed by atoms with E-state index >= 15 is 0 Å². The van der Waals surface area contributed by atoms with E-state index in [1.165, 1.54) is 0 Å². The van der Waals surface area contributed by atoms with Crippen LogP contribution >= 0.6 is 7.82 Å². The molecule has 148 valence electrons. The van der Waals surface area contributed by atoms with Crippen molar-refractivity contribution in [1.82, 2.24) is 5.32 Å². The van der Waals surface area contributed by atoms with E-state index in [0.717, 1.165) is 0 Å². The Kier molecular flexibility index (Phi) is 11.2. The maximum absolute atomic E-state index is 11.6. The van der Waals surface area contributed by atoms with Crippen LogP contribution in [-0.4, -0.2) is 86.0 Å². The van der Waals surface area contributed by atoms with Crippen LogP contribution in [-0.2, 0) is 18.7 Å². The molecule has 9 N–H and O–H groups in total. The van der Waals surface area contributed by atoms with Gasteiger partial charge in [0.2, 0.25) is 0 Å². The number of ketones is 1. The van der Waals surface area contributed by atoms with E-state index in [1.54, 1.807) is 0 Å². The Morgan fingerprint density at radius 3 is 2.28 bits per heavy atom. The first-order valence-corrected chi connectivity index (χ1v) is 8.95. The molecule has 0 unspecified atom stereocenters. The number of phosphoric ester groups is 1. The third-order valence-electron chi connectivity index (χ3n) is 3.20. The molecule has 0 aliphatic rings. The second-order valence-corrected chi connectivity index (χ2v) is 6.61. The number of carboxylic acid groups (broad SMARTS) is 1. The van der Waals surface area contributed by atoms with Crippen LogP contribution in [0.25, 0.3) is 0 Å². The maximum Gasteiger partial charge on any atom is 0.469 e. The molecule has 12 nitrogen and oxygen atoms in total. The van der Waals surface area contributed by atoms with E-state index in [2.05, 4.69) is 9.84 Å². The van der Waals surface area contributed by atoms with E-state index in [0.29, 0.717) is 19.4 Å². The number of nitrogens with two attached hydrogens (primary N) is 1. The van der Waals surface area contributed by atoms with Crippen LogP contribution in [0.3, 0.4) is 0 Å². The van der Waals surface area contributed by atoms with Gasteiger partial charge < -0.3 is 41.3 Å². The lowest BCUT2D eigenvalue weighted by Gasteiger charge is -2.22. The first kappa shape index (κ1) is 24.1. The summed E-state index contributed by atoms with van der Waals surface area (Å²) in [5, 5.41) is 39.8. The standard InChI is InChI=1S/C12H25N2O10P/c13-7(12(19)20)3-1-2-4-14-5-8(15)10(17)11(18)9(16)6-24-25(21,22)23/h7,9-11,14,16-18H,1-6,13H2,(H,19,20)(H2,21,22,23)/t7-,9+,10+,11+/m0/s1. The van der Waals surface area contributed by atoms with Crippen LogP contribution in [0.1, 0.15) is 19.3 Å². The lowest BCUT2D eigenvalue weighted by Crippen LogP contribution is -2.46. The van der Waals surface area contributed by atoms with Gasteiger partial charge in [0.1, 0.15) is 24.4 Å². The zero-order chi connectivity index (χ0) is 19.6. The second-order valence-electron chi connectivity index (χ2n) is 5.37. The van der Waals surface area contributed by atoms with E-state index in [1.807, 2.05) is 0 Å². The minimum Gasteiger partial charge on any atom is -0.480 e. The fourth-order valence-corrected chi connectivity index (χ4v) is 2.07.